The van der Waals surface area contributed by atoms with Crippen molar-refractivity contribution in [3.8, 4) is 0 Å². The van der Waals surface area contributed by atoms with Gasteiger partial charge in [-0.05, 0) is 154 Å². The fourth-order valence-corrected chi connectivity index (χ4v) is 93.5. The monoisotopic (exact) mass is 2660 g/mol. The normalized spacial score (nSPS) is 24.9. The summed E-state index contributed by atoms with van der Waals surface area (Å²) in [6.45, 7) is 0. The molecule has 23 rings (SSSR count). The lowest BCUT2D eigenvalue weighted by Gasteiger charge is -2.53. The van der Waals surface area contributed by atoms with E-state index in [0.717, 1.165) is 66.6 Å². The van der Waals surface area contributed by atoms with Crippen molar-refractivity contribution in [2.75, 3.05) is 52.8 Å². The van der Waals surface area contributed by atoms with Crippen LogP contribution in [0.3, 0.4) is 0 Å². The van der Waals surface area contributed by atoms with E-state index >= 15 is 0 Å². The van der Waals surface area contributed by atoms with Crippen LogP contribution < -0.4 is 12.9 Å². The van der Waals surface area contributed by atoms with Crippen LogP contribution in [-0.4, -0.2) is 183 Å². The molecule has 9 aromatic carbocycles. The second-order valence-electron chi connectivity index (χ2n) is 33.6. The molecule has 13 aliphatic rings. The van der Waals surface area contributed by atoms with Crippen LogP contribution in [0.15, 0.2) is 270 Å². The Balaban J connectivity index is 0.000000127. The van der Waals surface area contributed by atoms with Gasteiger partial charge in [0.2, 0.25) is 0 Å². The van der Waals surface area contributed by atoms with Crippen molar-refractivity contribution in [3.05, 3.63) is 299 Å². The van der Waals surface area contributed by atoms with E-state index in [1.165, 1.54) is 117 Å². The quantitative estimate of drug-likeness (QED) is 0.0760. The van der Waals surface area contributed by atoms with Crippen LogP contribution in [-0.2, 0) is 315 Å². The van der Waals surface area contributed by atoms with Crippen LogP contribution >= 0.6 is 102 Å². The van der Waals surface area contributed by atoms with Gasteiger partial charge in [0, 0.05) is 285 Å². The topological polar surface area (TPSA) is 239 Å². The Kier molecular flexibility index (Phi) is 36.4. The predicted molar refractivity (Wildman–Crippen MR) is 682 cm³/mol. The zero-order valence-electron chi connectivity index (χ0n) is 76.8. The molecule has 2 bridgehead atoms. The van der Waals surface area contributed by atoms with E-state index in [9.17, 15) is 54.0 Å². The molecular formula is C89H78N10O12S37. The number of hydrogen-bond donors (Lipinski definition) is 2. The third kappa shape index (κ3) is 19.7. The van der Waals surface area contributed by atoms with Crippen molar-refractivity contribution in [2.45, 2.75) is 112 Å². The average molecular weight is 2670 g/mol. The van der Waals surface area contributed by atoms with E-state index in [-0.39, 0.29) is 57.1 Å². The number of rotatable bonds is 14. The molecule has 0 N–H and O–H groups in total. The largest absolute Gasteiger partial charge is 0.322 e. The number of aromatic nitrogens is 1. The molecule has 1 spiro atoms. The molecule has 8 fully saturated rings. The SMILES string of the molecule is CN1C(=O)[C@@]2(S)C[C@]3(C4=CCc5ccccc54)c4ccccc4N(S(=O)(=O)c4ccccc4)[C@@H]3N2C(=O)[C@@H]1S.CN1C(=O)[C@@]23C[C@]4(C5=CCc6ccccc65)c5ccccc5N(S(=O)(=O)c5ccccc5)[C@@H]4N2C(=O)[C@@H]1SS3.CSS[C@H]1C(=O)N2[C@H]3N(S(=O)(=O)c4ccccc4)c4ccccc4[C@@]3(c3cn(SC)c4ccccc34)C[C@]2(SSC)C(=O)N1C.S=S=S=S=S=S=S=S=S=S=S=S=S=S=S=S=S=S=S=S=S=S=S=S=S. The number of likely N-dealkylation sites (N-methyl/N-ethyl adjacent to an activating group) is 3. The molecule has 0 radical (unpaired) electrons. The molecule has 0 unspecified atom stereocenters. The molecule has 148 heavy (non-hydrogen) atoms. The van der Waals surface area contributed by atoms with Crippen LogP contribution in [0, 0.1) is 0 Å². The first-order valence-electron chi connectivity index (χ1n) is 43.4. The van der Waals surface area contributed by atoms with Gasteiger partial charge in [0.05, 0.1) is 53.5 Å². The number of benzene rings is 9. The second kappa shape index (κ2) is 47.7. The number of fused-ring (bicyclic) bond motifs is 18. The van der Waals surface area contributed by atoms with Crippen LogP contribution in [0.4, 0.5) is 17.1 Å². The third-order valence-corrected chi connectivity index (χ3v) is 90.5. The van der Waals surface area contributed by atoms with Crippen LogP contribution in [0.5, 0.6) is 0 Å². The fraction of sp³-hybridized carbons (Fsp3) is 0.258. The van der Waals surface area contributed by atoms with E-state index in [4.69, 9.17) is 35.0 Å². The highest BCUT2D eigenvalue weighted by atomic mass is 33.5. The number of carbonyl (C=O) groups is 6. The second-order valence-corrected chi connectivity index (χ2v) is 89.5. The van der Waals surface area contributed by atoms with Gasteiger partial charge in [-0.2, -0.15) is 0 Å². The smallest absolute Gasteiger partial charge is 0.266 e. The van der Waals surface area contributed by atoms with Gasteiger partial charge in [-0.1, -0.05) is 253 Å². The molecular weight excluding hydrogens is 2590 g/mol. The summed E-state index contributed by atoms with van der Waals surface area (Å²) in [6, 6.07) is 71.6. The maximum absolute atomic E-state index is 14.9. The van der Waals surface area contributed by atoms with Crippen molar-refractivity contribution in [1.82, 2.24) is 33.4 Å². The van der Waals surface area contributed by atoms with E-state index in [0.29, 0.717) is 36.3 Å². The summed E-state index contributed by atoms with van der Waals surface area (Å²) < 4.78 is 94.1. The highest BCUT2D eigenvalue weighted by Crippen LogP contribution is 2.73. The Bertz CT molecular complexity index is 8700. The van der Waals surface area contributed by atoms with E-state index in [1.807, 2.05) is 196 Å². The summed E-state index contributed by atoms with van der Waals surface area (Å²) >= 11 is 20.5. The number of nitrogens with zero attached hydrogens (tertiary/aromatic N) is 10. The van der Waals surface area contributed by atoms with Crippen molar-refractivity contribution >= 4 is 433 Å². The number of anilines is 3. The Hall–Kier alpha value is -3.28. The van der Waals surface area contributed by atoms with Crippen molar-refractivity contribution in [2.24, 2.45) is 0 Å². The molecule has 2 aliphatic carbocycles. The summed E-state index contributed by atoms with van der Waals surface area (Å²) in [7, 11) is 40.6. The predicted octanol–water partition coefficient (Wildman–Crippen LogP) is 14.2. The van der Waals surface area contributed by atoms with Gasteiger partial charge in [-0.25, -0.2) is 38.2 Å². The summed E-state index contributed by atoms with van der Waals surface area (Å²) in [5.41, 5.74) is 8.97. The van der Waals surface area contributed by atoms with E-state index < -0.39 is 101 Å². The minimum absolute atomic E-state index is 0.100. The molecule has 778 valence electrons. The highest BCUT2D eigenvalue weighted by molar-refractivity contribution is 8.80. The highest BCUT2D eigenvalue weighted by Gasteiger charge is 2.80. The molecule has 1 aromatic heterocycles. The lowest BCUT2D eigenvalue weighted by Crippen LogP contribution is -2.72. The Morgan fingerprint density at radius 3 is 1.22 bits per heavy atom. The van der Waals surface area contributed by atoms with Gasteiger partial charge in [-0.15, -0.1) is 25.3 Å². The number of amides is 6. The first kappa shape index (κ1) is 113. The number of allylic oxidation sites excluding steroid dienone is 2. The van der Waals surface area contributed by atoms with E-state index in [1.54, 1.807) is 268 Å². The minimum Gasteiger partial charge on any atom is -0.322 e. The van der Waals surface area contributed by atoms with Gasteiger partial charge < -0.3 is 14.7 Å². The number of hydrogen-bond acceptors (Lipinski definition) is 23. The number of thiol groups is 2. The van der Waals surface area contributed by atoms with Gasteiger partial charge in [0.15, 0.2) is 30.7 Å². The zero-order chi connectivity index (χ0) is 104. The van der Waals surface area contributed by atoms with E-state index in [2.05, 4.69) is 53.1 Å². The summed E-state index contributed by atoms with van der Waals surface area (Å²) in [6.07, 6.45) is 11.1. The Morgan fingerprint density at radius 1 is 0.385 bits per heavy atom. The molecule has 59 heteroatoms. The molecule has 11 aliphatic heterocycles. The van der Waals surface area contributed by atoms with Crippen LogP contribution in [0.1, 0.15) is 63.8 Å². The first-order chi connectivity index (χ1) is 71.6. The summed E-state index contributed by atoms with van der Waals surface area (Å²) in [5, 5.41) is -1.62. The Labute approximate surface area is 970 Å². The number of para-hydroxylation sites is 4. The molecule has 8 saturated heterocycles. The molecule has 6 amide bonds. The molecule has 12 atom stereocenters. The molecule has 10 aromatic rings. The zero-order valence-corrected chi connectivity index (χ0v) is 107. The van der Waals surface area contributed by atoms with Crippen LogP contribution in [0.25, 0.3) is 22.0 Å². The lowest BCUT2D eigenvalue weighted by atomic mass is 9.70. The third-order valence-electron chi connectivity index (χ3n) is 26.9. The first-order valence-corrected chi connectivity index (χ1v) is 89.3. The minimum atomic E-state index is -4.21. The van der Waals surface area contributed by atoms with Gasteiger partial charge in [0.25, 0.3) is 65.5 Å². The van der Waals surface area contributed by atoms with Gasteiger partial charge in [0.1, 0.15) is 18.5 Å². The van der Waals surface area contributed by atoms with Crippen molar-refractivity contribution in [3.63, 3.8) is 0 Å². The molecule has 0 saturated carbocycles. The van der Waals surface area contributed by atoms with Gasteiger partial charge >= 0.3 is 0 Å². The molecule has 12 heterocycles. The van der Waals surface area contributed by atoms with Crippen LogP contribution in [0.2, 0.25) is 0 Å². The summed E-state index contributed by atoms with van der Waals surface area (Å²) in [5.74, 6) is -1.70. The molecule has 22 nitrogen and oxygen atoms in total. The number of piperazine rings is 3. The Morgan fingerprint density at radius 2 is 0.777 bits per heavy atom. The average Bonchev–Trinajstić information content (AvgIpc) is 1.50. The standard InChI is InChI=1S/C31H30N4O4S6.C29H23N3O4S3.C29H25N3O4S3.S25/c1-32-27(43-41-3)26(36)34-28-30(19-31(34,29(32)37)44-42-4,23-18-33(40-2)24-16-10-8-14-21(23)24)22-15-9-11-17-25(22)35(28)45(38,39)20-12-6-5-7-13-20;1-30-25-24(33)31-26-28(17-29(31,27(30)34)38-37-25,21-16-15-18-9-5-6-12-20(18)21)22-13-7-8-14-23(22)32(26)39(35,36)19-10-3-2-4-11-19;1-30-25(37)24(33)31-26-28(17-29(31,38)27(30)34,21-16-15-18-9-5-6-12-20(18)21)22-13-7-8-14-23(22)32(26)39(35,36)19-10-3-2-4-11-19;1-3-5-7-9-11-13-15-17-19-21-23-25-24-22-20-18-16-14-12-10-8-6-4-2/h5-18,27-28H,19H2,1-4H3;2-14,16,25-26H,15,17H2,1H3;2-14,16,25-26,37-38H,15,17H2,1H3;/t27-,28-,30+,31-;2*25-,26-,28-,29-;/m000./s1. The summed E-state index contributed by atoms with van der Waals surface area (Å²) in [4.78, 5) is 91.0. The maximum Gasteiger partial charge on any atom is 0.266 e. The maximum atomic E-state index is 14.9. The van der Waals surface area contributed by atoms with Crippen molar-refractivity contribution in [1.29, 1.82) is 0 Å². The number of carbonyl (C=O) groups excluding carboxylic acids is 6. The lowest BCUT2D eigenvalue weighted by molar-refractivity contribution is -0.158. The fourth-order valence-electron chi connectivity index (χ4n) is 21.6. The number of sulfonamides is 3. The van der Waals surface area contributed by atoms with Crippen molar-refractivity contribution < 1.29 is 54.0 Å². The van der Waals surface area contributed by atoms with Gasteiger partial charge in [-0.3, -0.25) is 47.4 Å².